The van der Waals surface area contributed by atoms with E-state index in [0.717, 1.165) is 38.8 Å². The number of aromatic amines is 1. The summed E-state index contributed by atoms with van der Waals surface area (Å²) in [6.07, 6.45) is 1.80. The SMILES string of the molecule is Fc1ccc(-c2nccc3ccc(-c4cc5ccccc5[nH]4)cc23)cc1. The summed E-state index contributed by atoms with van der Waals surface area (Å²) < 4.78 is 13.3. The number of nitrogens with zero attached hydrogens (tertiary/aromatic N) is 1. The molecule has 0 spiro atoms. The molecule has 5 aromatic rings. The number of H-pyrrole nitrogens is 1. The first-order valence-corrected chi connectivity index (χ1v) is 8.51. The molecule has 3 aromatic carbocycles. The van der Waals surface area contributed by atoms with Gasteiger partial charge < -0.3 is 4.98 Å². The highest BCUT2D eigenvalue weighted by Crippen LogP contribution is 2.31. The van der Waals surface area contributed by atoms with Crippen molar-refractivity contribution in [2.75, 3.05) is 0 Å². The highest BCUT2D eigenvalue weighted by molar-refractivity contribution is 5.97. The zero-order valence-corrected chi connectivity index (χ0v) is 13.9. The molecule has 0 fully saturated rings. The van der Waals surface area contributed by atoms with Crippen molar-refractivity contribution in [3.63, 3.8) is 0 Å². The lowest BCUT2D eigenvalue weighted by atomic mass is 10.0. The second-order valence-electron chi connectivity index (χ2n) is 6.37. The number of hydrogen-bond donors (Lipinski definition) is 1. The van der Waals surface area contributed by atoms with Crippen molar-refractivity contribution in [2.24, 2.45) is 0 Å². The van der Waals surface area contributed by atoms with Crippen molar-refractivity contribution in [1.82, 2.24) is 9.97 Å². The minimum Gasteiger partial charge on any atom is -0.355 e. The molecule has 5 rings (SSSR count). The third kappa shape index (κ3) is 2.45. The predicted octanol–water partition coefficient (Wildman–Crippen LogP) is 6.19. The van der Waals surface area contributed by atoms with Crippen LogP contribution in [0.1, 0.15) is 0 Å². The van der Waals surface area contributed by atoms with E-state index in [-0.39, 0.29) is 5.82 Å². The van der Waals surface area contributed by atoms with Gasteiger partial charge in [-0.1, -0.05) is 30.3 Å². The van der Waals surface area contributed by atoms with Crippen LogP contribution < -0.4 is 0 Å². The zero-order valence-electron chi connectivity index (χ0n) is 13.9. The minimum atomic E-state index is -0.243. The summed E-state index contributed by atoms with van der Waals surface area (Å²) in [5.74, 6) is -0.243. The van der Waals surface area contributed by atoms with Gasteiger partial charge in [0.2, 0.25) is 0 Å². The van der Waals surface area contributed by atoms with Crippen LogP contribution in [-0.4, -0.2) is 9.97 Å². The molecule has 0 aliphatic carbocycles. The fourth-order valence-corrected chi connectivity index (χ4v) is 3.40. The third-order valence-electron chi connectivity index (χ3n) is 4.72. The number of benzene rings is 3. The molecule has 124 valence electrons. The van der Waals surface area contributed by atoms with Gasteiger partial charge in [-0.15, -0.1) is 0 Å². The van der Waals surface area contributed by atoms with Gasteiger partial charge in [-0.05, 0) is 59.5 Å². The fourth-order valence-electron chi connectivity index (χ4n) is 3.40. The molecular weight excluding hydrogens is 323 g/mol. The Hall–Kier alpha value is -3.46. The maximum absolute atomic E-state index is 13.3. The summed E-state index contributed by atoms with van der Waals surface area (Å²) in [5, 5.41) is 3.35. The smallest absolute Gasteiger partial charge is 0.123 e. The summed E-state index contributed by atoms with van der Waals surface area (Å²) in [6.45, 7) is 0. The summed E-state index contributed by atoms with van der Waals surface area (Å²) in [4.78, 5) is 8.02. The van der Waals surface area contributed by atoms with Crippen LogP contribution in [0.4, 0.5) is 4.39 Å². The van der Waals surface area contributed by atoms with E-state index >= 15 is 0 Å². The van der Waals surface area contributed by atoms with Gasteiger partial charge in [0.15, 0.2) is 0 Å². The first kappa shape index (κ1) is 14.8. The monoisotopic (exact) mass is 338 g/mol. The molecule has 2 heterocycles. The molecule has 1 N–H and O–H groups in total. The number of pyridine rings is 1. The molecule has 26 heavy (non-hydrogen) atoms. The van der Waals surface area contributed by atoms with Crippen molar-refractivity contribution >= 4 is 21.7 Å². The number of rotatable bonds is 2. The Balaban J connectivity index is 1.71. The summed E-state index contributed by atoms with van der Waals surface area (Å²) in [7, 11) is 0. The molecule has 0 radical (unpaired) electrons. The zero-order chi connectivity index (χ0) is 17.5. The molecule has 0 unspecified atom stereocenters. The first-order valence-electron chi connectivity index (χ1n) is 8.51. The van der Waals surface area contributed by atoms with Crippen LogP contribution in [0.15, 0.2) is 85.1 Å². The standard InChI is InChI=1S/C23H15FN2/c24-19-9-7-16(8-10-19)23-20-13-18(6-5-15(20)11-12-25-23)22-14-17-3-1-2-4-21(17)26-22/h1-14,26H. The van der Waals surface area contributed by atoms with Crippen LogP contribution >= 0.6 is 0 Å². The van der Waals surface area contributed by atoms with E-state index in [0.29, 0.717) is 0 Å². The summed E-state index contributed by atoms with van der Waals surface area (Å²) >= 11 is 0. The minimum absolute atomic E-state index is 0.243. The fraction of sp³-hybridized carbons (Fsp3) is 0. The van der Waals surface area contributed by atoms with Gasteiger partial charge in [-0.3, -0.25) is 4.98 Å². The van der Waals surface area contributed by atoms with Gasteiger partial charge in [0, 0.05) is 33.7 Å². The van der Waals surface area contributed by atoms with E-state index in [1.54, 1.807) is 18.3 Å². The average molecular weight is 338 g/mol. The predicted molar refractivity (Wildman–Crippen MR) is 104 cm³/mol. The Morgan fingerprint density at radius 3 is 2.38 bits per heavy atom. The van der Waals surface area contributed by atoms with E-state index in [1.807, 2.05) is 18.2 Å². The van der Waals surface area contributed by atoms with Crippen molar-refractivity contribution in [2.45, 2.75) is 0 Å². The van der Waals surface area contributed by atoms with Crippen molar-refractivity contribution in [3.8, 4) is 22.5 Å². The van der Waals surface area contributed by atoms with Crippen LogP contribution in [0, 0.1) is 5.82 Å². The maximum atomic E-state index is 13.3. The normalized spacial score (nSPS) is 11.3. The van der Waals surface area contributed by atoms with E-state index in [1.165, 1.54) is 17.5 Å². The van der Waals surface area contributed by atoms with E-state index in [4.69, 9.17) is 0 Å². The summed E-state index contributed by atoms with van der Waals surface area (Å²) in [5.41, 5.74) is 5.06. The lowest BCUT2D eigenvalue weighted by Gasteiger charge is -2.08. The molecule has 0 bridgehead atoms. The van der Waals surface area contributed by atoms with Gasteiger partial charge in [0.05, 0.1) is 5.69 Å². The maximum Gasteiger partial charge on any atom is 0.123 e. The Morgan fingerprint density at radius 2 is 1.54 bits per heavy atom. The Kier molecular flexibility index (Phi) is 3.32. The highest BCUT2D eigenvalue weighted by Gasteiger charge is 2.09. The second kappa shape index (κ2) is 5.81. The molecule has 2 aromatic heterocycles. The molecule has 0 atom stereocenters. The molecule has 0 saturated heterocycles. The number of nitrogens with one attached hydrogen (secondary N) is 1. The lowest BCUT2D eigenvalue weighted by Crippen LogP contribution is -1.88. The largest absolute Gasteiger partial charge is 0.355 e. The van der Waals surface area contributed by atoms with Gasteiger partial charge in [-0.2, -0.15) is 0 Å². The number of fused-ring (bicyclic) bond motifs is 2. The van der Waals surface area contributed by atoms with Crippen molar-refractivity contribution in [3.05, 3.63) is 90.9 Å². The number of halogens is 1. The van der Waals surface area contributed by atoms with Crippen molar-refractivity contribution < 1.29 is 4.39 Å². The van der Waals surface area contributed by atoms with Crippen LogP contribution in [0.25, 0.3) is 44.2 Å². The van der Waals surface area contributed by atoms with Gasteiger partial charge in [-0.25, -0.2) is 4.39 Å². The second-order valence-corrected chi connectivity index (χ2v) is 6.37. The topological polar surface area (TPSA) is 28.7 Å². The lowest BCUT2D eigenvalue weighted by molar-refractivity contribution is 0.628. The molecular formula is C23H15FN2. The molecule has 0 amide bonds. The van der Waals surface area contributed by atoms with Crippen LogP contribution in [0.5, 0.6) is 0 Å². The van der Waals surface area contributed by atoms with Gasteiger partial charge in [0.1, 0.15) is 5.82 Å². The molecule has 2 nitrogen and oxygen atoms in total. The van der Waals surface area contributed by atoms with Crippen LogP contribution in [0.3, 0.4) is 0 Å². The number of hydrogen-bond acceptors (Lipinski definition) is 1. The molecule has 0 aliphatic rings. The molecule has 3 heteroatoms. The highest BCUT2D eigenvalue weighted by atomic mass is 19.1. The Labute approximate surface area is 150 Å². The number of para-hydroxylation sites is 1. The molecule has 0 saturated carbocycles. The van der Waals surface area contributed by atoms with Gasteiger partial charge >= 0.3 is 0 Å². The van der Waals surface area contributed by atoms with Crippen LogP contribution in [-0.2, 0) is 0 Å². The Morgan fingerprint density at radius 1 is 0.731 bits per heavy atom. The molecule has 0 aliphatic heterocycles. The van der Waals surface area contributed by atoms with E-state index < -0.39 is 0 Å². The Bertz CT molecular complexity index is 1200. The quantitative estimate of drug-likeness (QED) is 0.408. The van der Waals surface area contributed by atoms with Gasteiger partial charge in [0.25, 0.3) is 0 Å². The average Bonchev–Trinajstić information content (AvgIpc) is 3.12. The number of aromatic nitrogens is 2. The van der Waals surface area contributed by atoms with E-state index in [9.17, 15) is 4.39 Å². The van der Waals surface area contributed by atoms with E-state index in [2.05, 4.69) is 46.4 Å². The first-order chi connectivity index (χ1) is 12.8. The van der Waals surface area contributed by atoms with Crippen molar-refractivity contribution in [1.29, 1.82) is 0 Å². The summed E-state index contributed by atoms with van der Waals surface area (Å²) in [6, 6.07) is 25.2. The van der Waals surface area contributed by atoms with Crippen LogP contribution in [0.2, 0.25) is 0 Å². The third-order valence-corrected chi connectivity index (χ3v) is 4.72.